The zero-order chi connectivity index (χ0) is 20.9. The Balaban J connectivity index is 1.83. The average molecular weight is 416 g/mol. The van der Waals surface area contributed by atoms with Crippen LogP contribution in [0.15, 0.2) is 29.3 Å². The van der Waals surface area contributed by atoms with Gasteiger partial charge in [0, 0.05) is 36.8 Å². The lowest BCUT2D eigenvalue weighted by molar-refractivity contribution is 0.280. The quantitative estimate of drug-likeness (QED) is 0.697. The number of hydrogen-bond donors (Lipinski definition) is 1. The molecule has 1 aromatic carbocycles. The molecule has 0 saturated carbocycles. The van der Waals surface area contributed by atoms with Gasteiger partial charge < -0.3 is 14.6 Å². The molecule has 8 nitrogen and oxygen atoms in total. The highest BCUT2D eigenvalue weighted by atomic mass is 32.2. The molecule has 0 amide bonds. The Kier molecular flexibility index (Phi) is 4.82. The molecule has 1 aliphatic rings. The second-order valence-corrected chi connectivity index (χ2v) is 9.88. The van der Waals surface area contributed by atoms with E-state index in [1.165, 1.54) is 6.26 Å². The minimum atomic E-state index is -3.29. The maximum absolute atomic E-state index is 12.0. The molecule has 1 atom stereocenters. The first-order valence-electron chi connectivity index (χ1n) is 9.61. The number of aryl methyl sites for hydroxylation is 1. The van der Waals surface area contributed by atoms with Crippen molar-refractivity contribution in [1.29, 1.82) is 0 Å². The zero-order valence-corrected chi connectivity index (χ0v) is 17.8. The average Bonchev–Trinajstić information content (AvgIpc) is 3.04. The lowest BCUT2D eigenvalue weighted by Crippen LogP contribution is -2.42. The van der Waals surface area contributed by atoms with E-state index in [1.807, 2.05) is 6.92 Å². The Hall–Kier alpha value is -2.52. The van der Waals surface area contributed by atoms with E-state index < -0.39 is 9.84 Å². The number of rotatable bonds is 4. The molecular weight excluding hydrogens is 390 g/mol. The summed E-state index contributed by atoms with van der Waals surface area (Å²) in [5.74, 6) is 1.74. The van der Waals surface area contributed by atoms with Crippen LogP contribution in [-0.4, -0.2) is 45.8 Å². The predicted octanol–water partition coefficient (Wildman–Crippen LogP) is 2.25. The summed E-state index contributed by atoms with van der Waals surface area (Å²) < 4.78 is 26.1. The Morgan fingerprint density at radius 2 is 2.00 bits per heavy atom. The van der Waals surface area contributed by atoms with E-state index in [9.17, 15) is 13.5 Å². The number of anilines is 1. The number of nitrogens with zero attached hydrogens (tertiary/aromatic N) is 5. The minimum absolute atomic E-state index is 0.0442. The van der Waals surface area contributed by atoms with Crippen molar-refractivity contribution in [2.75, 3.05) is 17.7 Å². The van der Waals surface area contributed by atoms with Crippen LogP contribution in [0.25, 0.3) is 11.0 Å². The molecule has 0 saturated heterocycles. The highest BCUT2D eigenvalue weighted by Gasteiger charge is 2.34. The van der Waals surface area contributed by atoms with Crippen molar-refractivity contribution in [2.45, 2.75) is 44.9 Å². The lowest BCUT2D eigenvalue weighted by Gasteiger charge is -2.38. The largest absolute Gasteiger partial charge is 0.392 e. The smallest absolute Gasteiger partial charge is 0.226 e. The van der Waals surface area contributed by atoms with Crippen molar-refractivity contribution in [3.05, 3.63) is 41.5 Å². The molecule has 0 spiro atoms. The van der Waals surface area contributed by atoms with E-state index in [4.69, 9.17) is 4.98 Å². The SMILES string of the molecule is Cc1nc(N2CCn3c(nc4ccc(S(C)(=O)=O)cc43)[C@H]2C(C)C)ncc1CO. The van der Waals surface area contributed by atoms with Crippen LogP contribution in [0.2, 0.25) is 0 Å². The van der Waals surface area contributed by atoms with Gasteiger partial charge in [-0.2, -0.15) is 0 Å². The van der Waals surface area contributed by atoms with Crippen molar-refractivity contribution in [2.24, 2.45) is 5.92 Å². The van der Waals surface area contributed by atoms with Gasteiger partial charge in [0.1, 0.15) is 5.82 Å². The molecule has 3 aromatic rings. The molecule has 4 rings (SSSR count). The number of hydrogen-bond acceptors (Lipinski definition) is 7. The molecule has 0 radical (unpaired) electrons. The normalized spacial score (nSPS) is 17.2. The third kappa shape index (κ3) is 3.38. The number of aliphatic hydroxyl groups is 1. The first-order chi connectivity index (χ1) is 13.7. The number of aromatic nitrogens is 4. The van der Waals surface area contributed by atoms with Crippen LogP contribution >= 0.6 is 0 Å². The number of benzene rings is 1. The van der Waals surface area contributed by atoms with Gasteiger partial charge in [-0.05, 0) is 31.0 Å². The van der Waals surface area contributed by atoms with Gasteiger partial charge in [-0.15, -0.1) is 0 Å². The zero-order valence-electron chi connectivity index (χ0n) is 17.0. The molecule has 0 unspecified atom stereocenters. The van der Waals surface area contributed by atoms with E-state index in [0.29, 0.717) is 29.5 Å². The predicted molar refractivity (Wildman–Crippen MR) is 110 cm³/mol. The third-order valence-corrected chi connectivity index (χ3v) is 6.58. The third-order valence-electron chi connectivity index (χ3n) is 5.47. The van der Waals surface area contributed by atoms with Crippen molar-refractivity contribution in [3.8, 4) is 0 Å². The Bertz CT molecular complexity index is 1190. The summed E-state index contributed by atoms with van der Waals surface area (Å²) in [4.78, 5) is 16.4. The van der Waals surface area contributed by atoms with E-state index in [0.717, 1.165) is 22.6 Å². The Morgan fingerprint density at radius 3 is 2.62 bits per heavy atom. The van der Waals surface area contributed by atoms with E-state index in [-0.39, 0.29) is 18.6 Å². The monoisotopic (exact) mass is 415 g/mol. The first-order valence-corrected chi connectivity index (χ1v) is 11.5. The van der Waals surface area contributed by atoms with Crippen LogP contribution < -0.4 is 4.90 Å². The first kappa shape index (κ1) is 19.8. The number of fused-ring (bicyclic) bond motifs is 3. The van der Waals surface area contributed by atoms with Gasteiger partial charge in [0.25, 0.3) is 0 Å². The highest BCUT2D eigenvalue weighted by Crippen LogP contribution is 2.36. The van der Waals surface area contributed by atoms with Gasteiger partial charge in [-0.1, -0.05) is 13.8 Å². The standard InChI is InChI=1S/C20H25N5O3S/c1-12(2)18-19-23-16-6-5-15(29(4,27)28)9-17(16)24(19)7-8-25(18)20-21-10-14(11-26)13(3)22-20/h5-6,9-10,12,18,26H,7-8,11H2,1-4H3/t18-/m1/s1. The topological polar surface area (TPSA) is 101 Å². The van der Waals surface area contributed by atoms with Gasteiger partial charge in [-0.25, -0.2) is 23.4 Å². The van der Waals surface area contributed by atoms with E-state index in [1.54, 1.807) is 24.4 Å². The van der Waals surface area contributed by atoms with E-state index >= 15 is 0 Å². The van der Waals surface area contributed by atoms with Crippen molar-refractivity contribution in [3.63, 3.8) is 0 Å². The molecule has 9 heteroatoms. The van der Waals surface area contributed by atoms with Crippen LogP contribution in [0, 0.1) is 12.8 Å². The van der Waals surface area contributed by atoms with Gasteiger partial charge in [0.2, 0.25) is 5.95 Å². The summed E-state index contributed by atoms with van der Waals surface area (Å²) in [5.41, 5.74) is 3.10. The second kappa shape index (κ2) is 7.07. The minimum Gasteiger partial charge on any atom is -0.392 e. The fourth-order valence-electron chi connectivity index (χ4n) is 3.95. The summed E-state index contributed by atoms with van der Waals surface area (Å²) in [7, 11) is -3.29. The van der Waals surface area contributed by atoms with Crippen LogP contribution in [0.3, 0.4) is 0 Å². The van der Waals surface area contributed by atoms with Crippen LogP contribution in [0.5, 0.6) is 0 Å². The number of aliphatic hydroxyl groups excluding tert-OH is 1. The van der Waals surface area contributed by atoms with Gasteiger partial charge in [0.05, 0.1) is 28.6 Å². The second-order valence-electron chi connectivity index (χ2n) is 7.87. The number of sulfone groups is 1. The molecule has 0 fully saturated rings. The molecule has 2 aromatic heterocycles. The van der Waals surface area contributed by atoms with Crippen LogP contribution in [0.4, 0.5) is 5.95 Å². The fourth-order valence-corrected chi connectivity index (χ4v) is 4.60. The van der Waals surface area contributed by atoms with Crippen molar-refractivity contribution in [1.82, 2.24) is 19.5 Å². The summed E-state index contributed by atoms with van der Waals surface area (Å²) in [6.07, 6.45) is 2.89. The lowest BCUT2D eigenvalue weighted by atomic mass is 10.00. The van der Waals surface area contributed by atoms with Gasteiger partial charge in [0.15, 0.2) is 9.84 Å². The van der Waals surface area contributed by atoms with Crippen LogP contribution in [0.1, 0.15) is 37.0 Å². The number of imidazole rings is 1. The van der Waals surface area contributed by atoms with Gasteiger partial charge in [-0.3, -0.25) is 0 Å². The molecule has 1 N–H and O–H groups in total. The van der Waals surface area contributed by atoms with Gasteiger partial charge >= 0.3 is 0 Å². The van der Waals surface area contributed by atoms with E-state index in [2.05, 4.69) is 33.3 Å². The molecule has 1 aliphatic heterocycles. The highest BCUT2D eigenvalue weighted by molar-refractivity contribution is 7.90. The van der Waals surface area contributed by atoms with Crippen molar-refractivity contribution >= 4 is 26.8 Å². The Morgan fingerprint density at radius 1 is 1.24 bits per heavy atom. The fraction of sp³-hybridized carbons (Fsp3) is 0.450. The summed E-state index contributed by atoms with van der Waals surface area (Å²) in [5, 5.41) is 9.40. The summed E-state index contributed by atoms with van der Waals surface area (Å²) >= 11 is 0. The molecule has 0 bridgehead atoms. The molecular formula is C20H25N5O3S. The molecule has 29 heavy (non-hydrogen) atoms. The summed E-state index contributed by atoms with van der Waals surface area (Å²) in [6.45, 7) is 7.38. The molecule has 3 heterocycles. The molecule has 154 valence electrons. The summed E-state index contributed by atoms with van der Waals surface area (Å²) in [6, 6.07) is 5.05. The van der Waals surface area contributed by atoms with Crippen molar-refractivity contribution < 1.29 is 13.5 Å². The molecule has 0 aliphatic carbocycles. The maximum Gasteiger partial charge on any atom is 0.226 e. The maximum atomic E-state index is 12.0. The Labute approximate surface area is 170 Å². The van der Waals surface area contributed by atoms with Crippen LogP contribution in [-0.2, 0) is 23.0 Å².